The molecule has 0 saturated heterocycles. The van der Waals surface area contributed by atoms with Crippen molar-refractivity contribution in [1.82, 2.24) is 5.32 Å². The lowest BCUT2D eigenvalue weighted by Crippen LogP contribution is -2.46. The van der Waals surface area contributed by atoms with E-state index in [4.69, 9.17) is 16.0 Å². The van der Waals surface area contributed by atoms with E-state index >= 15 is 0 Å². The molecule has 4 rings (SSSR count). The summed E-state index contributed by atoms with van der Waals surface area (Å²) in [4.78, 5) is 28.8. The van der Waals surface area contributed by atoms with Crippen LogP contribution in [0.3, 0.4) is 0 Å². The number of halogens is 1. The minimum Gasteiger partial charge on any atom is -0.459 e. The number of nitrogens with one attached hydrogen (secondary N) is 1. The highest BCUT2D eigenvalue weighted by Gasteiger charge is 2.36. The number of hydrogen-bond donors (Lipinski definition) is 1. The molecule has 0 bridgehead atoms. The Morgan fingerprint density at radius 1 is 1.03 bits per heavy atom. The van der Waals surface area contributed by atoms with Crippen molar-refractivity contribution in [2.24, 2.45) is 0 Å². The first-order valence-electron chi connectivity index (χ1n) is 10.5. The number of carbonyl (C=O) groups is 2. The number of hydrogen-bond acceptors (Lipinski definition) is 3. The Kier molecular flexibility index (Phi) is 6.42. The van der Waals surface area contributed by atoms with Gasteiger partial charge in [-0.05, 0) is 61.2 Å². The quantitative estimate of drug-likeness (QED) is 0.540. The van der Waals surface area contributed by atoms with Crippen LogP contribution in [-0.4, -0.2) is 17.9 Å². The van der Waals surface area contributed by atoms with Crippen molar-refractivity contribution in [1.29, 1.82) is 0 Å². The van der Waals surface area contributed by atoms with Crippen LogP contribution in [0.25, 0.3) is 0 Å². The Morgan fingerprint density at radius 2 is 1.74 bits per heavy atom. The molecular weight excluding hydrogens is 412 g/mol. The van der Waals surface area contributed by atoms with Gasteiger partial charge in [0.25, 0.3) is 5.91 Å². The zero-order valence-corrected chi connectivity index (χ0v) is 18.1. The second kappa shape index (κ2) is 9.40. The molecule has 1 fully saturated rings. The second-order valence-corrected chi connectivity index (χ2v) is 8.32. The smallest absolute Gasteiger partial charge is 0.294 e. The van der Waals surface area contributed by atoms with Gasteiger partial charge in [-0.15, -0.1) is 0 Å². The third-order valence-electron chi connectivity index (χ3n) is 5.72. The van der Waals surface area contributed by atoms with E-state index in [1.54, 1.807) is 36.4 Å². The molecule has 31 heavy (non-hydrogen) atoms. The number of para-hydroxylation sites is 1. The molecule has 2 amide bonds. The van der Waals surface area contributed by atoms with Gasteiger partial charge in [-0.2, -0.15) is 0 Å². The molecule has 1 heterocycles. The zero-order valence-electron chi connectivity index (χ0n) is 17.4. The fourth-order valence-electron chi connectivity index (χ4n) is 4.13. The van der Waals surface area contributed by atoms with E-state index in [1.165, 1.54) is 11.2 Å². The number of nitrogens with zero attached hydrogens (tertiary/aromatic N) is 1. The fraction of sp³-hybridized carbons (Fsp3) is 0.280. The van der Waals surface area contributed by atoms with E-state index in [9.17, 15) is 9.59 Å². The van der Waals surface area contributed by atoms with Gasteiger partial charge in [-0.3, -0.25) is 14.5 Å². The Hall–Kier alpha value is -3.05. The van der Waals surface area contributed by atoms with Crippen LogP contribution in [0.15, 0.2) is 71.3 Å². The number of anilines is 1. The van der Waals surface area contributed by atoms with E-state index in [0.717, 1.165) is 31.2 Å². The lowest BCUT2D eigenvalue weighted by molar-refractivity contribution is -0.123. The van der Waals surface area contributed by atoms with Crippen molar-refractivity contribution in [3.8, 4) is 0 Å². The highest BCUT2D eigenvalue weighted by molar-refractivity contribution is 6.30. The molecule has 6 heteroatoms. The van der Waals surface area contributed by atoms with E-state index in [2.05, 4.69) is 5.32 Å². The van der Waals surface area contributed by atoms with Crippen LogP contribution in [-0.2, 0) is 4.79 Å². The van der Waals surface area contributed by atoms with E-state index in [-0.39, 0.29) is 23.6 Å². The number of amides is 2. The number of furan rings is 1. The van der Waals surface area contributed by atoms with Gasteiger partial charge < -0.3 is 9.73 Å². The Balaban J connectivity index is 1.82. The standard InChI is InChI=1S/C25H25ClN2O3/c1-17-7-2-5-10-21(17)28(25(30)22-11-6-16-31-22)23(18-12-14-19(26)15-13-18)24(29)27-20-8-3-4-9-20/h2,5-7,10-16,20,23H,3-4,8-9H2,1H3,(H,27,29). The summed E-state index contributed by atoms with van der Waals surface area (Å²) >= 11 is 6.10. The minimum atomic E-state index is -0.864. The van der Waals surface area contributed by atoms with Crippen molar-refractivity contribution in [2.75, 3.05) is 4.90 Å². The summed E-state index contributed by atoms with van der Waals surface area (Å²) in [7, 11) is 0. The highest BCUT2D eigenvalue weighted by Crippen LogP contribution is 2.33. The molecule has 1 N–H and O–H groups in total. The molecular formula is C25H25ClN2O3. The summed E-state index contributed by atoms with van der Waals surface area (Å²) in [6.45, 7) is 1.92. The Labute approximate surface area is 187 Å². The number of aryl methyl sites for hydroxylation is 1. The fourth-order valence-corrected chi connectivity index (χ4v) is 4.26. The van der Waals surface area contributed by atoms with Crippen molar-refractivity contribution in [3.63, 3.8) is 0 Å². The third-order valence-corrected chi connectivity index (χ3v) is 5.97. The Bertz CT molecular complexity index is 1040. The summed E-state index contributed by atoms with van der Waals surface area (Å²) in [5.41, 5.74) is 2.23. The summed E-state index contributed by atoms with van der Waals surface area (Å²) in [5.74, 6) is -0.408. The molecule has 0 aliphatic heterocycles. The first-order chi connectivity index (χ1) is 15.0. The maximum atomic E-state index is 13.6. The van der Waals surface area contributed by atoms with Crippen molar-refractivity contribution >= 4 is 29.1 Å². The van der Waals surface area contributed by atoms with E-state index in [0.29, 0.717) is 16.3 Å². The normalized spacial score (nSPS) is 14.9. The van der Waals surface area contributed by atoms with Gasteiger partial charge >= 0.3 is 0 Å². The molecule has 1 aliphatic carbocycles. The predicted octanol–water partition coefficient (Wildman–Crippen LogP) is 5.69. The molecule has 1 aliphatic rings. The molecule has 2 aromatic carbocycles. The first-order valence-corrected chi connectivity index (χ1v) is 10.9. The van der Waals surface area contributed by atoms with Crippen LogP contribution in [0.1, 0.15) is 53.4 Å². The summed E-state index contributed by atoms with van der Waals surface area (Å²) in [6, 6.07) is 17.1. The van der Waals surface area contributed by atoms with Gasteiger partial charge in [0.05, 0.1) is 6.26 Å². The van der Waals surface area contributed by atoms with Crippen LogP contribution < -0.4 is 10.2 Å². The van der Waals surface area contributed by atoms with E-state index < -0.39 is 6.04 Å². The topological polar surface area (TPSA) is 62.6 Å². The van der Waals surface area contributed by atoms with Crippen molar-refractivity contribution < 1.29 is 14.0 Å². The van der Waals surface area contributed by atoms with Gasteiger partial charge in [0, 0.05) is 16.8 Å². The highest BCUT2D eigenvalue weighted by atomic mass is 35.5. The maximum absolute atomic E-state index is 13.6. The molecule has 0 radical (unpaired) electrons. The molecule has 0 spiro atoms. The van der Waals surface area contributed by atoms with Crippen LogP contribution in [0, 0.1) is 6.92 Å². The third kappa shape index (κ3) is 4.67. The molecule has 1 aromatic heterocycles. The minimum absolute atomic E-state index is 0.125. The van der Waals surface area contributed by atoms with Gasteiger partial charge in [0.2, 0.25) is 5.91 Å². The van der Waals surface area contributed by atoms with Crippen LogP contribution >= 0.6 is 11.6 Å². The summed E-state index contributed by atoms with van der Waals surface area (Å²) in [5, 5.41) is 3.73. The average molecular weight is 437 g/mol. The molecule has 1 atom stereocenters. The summed E-state index contributed by atoms with van der Waals surface area (Å²) < 4.78 is 5.41. The number of rotatable bonds is 6. The number of benzene rings is 2. The Morgan fingerprint density at radius 3 is 2.39 bits per heavy atom. The molecule has 3 aromatic rings. The summed E-state index contributed by atoms with van der Waals surface area (Å²) in [6.07, 6.45) is 5.57. The van der Waals surface area contributed by atoms with Gasteiger partial charge in [-0.1, -0.05) is 54.8 Å². The van der Waals surface area contributed by atoms with Crippen molar-refractivity contribution in [2.45, 2.75) is 44.7 Å². The van der Waals surface area contributed by atoms with Crippen LogP contribution in [0.4, 0.5) is 5.69 Å². The zero-order chi connectivity index (χ0) is 21.8. The van der Waals surface area contributed by atoms with Crippen LogP contribution in [0.2, 0.25) is 5.02 Å². The second-order valence-electron chi connectivity index (χ2n) is 7.88. The van der Waals surface area contributed by atoms with Gasteiger partial charge in [0.1, 0.15) is 6.04 Å². The largest absolute Gasteiger partial charge is 0.459 e. The van der Waals surface area contributed by atoms with Crippen molar-refractivity contribution in [3.05, 3.63) is 88.8 Å². The van der Waals surface area contributed by atoms with Gasteiger partial charge in [0.15, 0.2) is 5.76 Å². The van der Waals surface area contributed by atoms with Gasteiger partial charge in [-0.25, -0.2) is 0 Å². The lowest BCUT2D eigenvalue weighted by atomic mass is 10.0. The van der Waals surface area contributed by atoms with Crippen LogP contribution in [0.5, 0.6) is 0 Å². The van der Waals surface area contributed by atoms with E-state index in [1.807, 2.05) is 31.2 Å². The first kappa shape index (κ1) is 21.2. The average Bonchev–Trinajstić information content (AvgIpc) is 3.47. The molecule has 160 valence electrons. The molecule has 5 nitrogen and oxygen atoms in total. The lowest BCUT2D eigenvalue weighted by Gasteiger charge is -2.32. The monoisotopic (exact) mass is 436 g/mol. The molecule has 1 unspecified atom stereocenters. The molecule has 1 saturated carbocycles. The SMILES string of the molecule is Cc1ccccc1N(C(=O)c1ccco1)C(C(=O)NC1CCCC1)c1ccc(Cl)cc1. The maximum Gasteiger partial charge on any atom is 0.294 e. The number of carbonyl (C=O) groups excluding carboxylic acids is 2. The predicted molar refractivity (Wildman–Crippen MR) is 121 cm³/mol.